The molecule has 0 aliphatic rings. The lowest BCUT2D eigenvalue weighted by Crippen LogP contribution is -1.96. The molecule has 0 amide bonds. The van der Waals surface area contributed by atoms with E-state index in [1.165, 1.54) is 0 Å². The Balaban J connectivity index is 2.57. The van der Waals surface area contributed by atoms with Crippen molar-refractivity contribution >= 4 is 39.1 Å². The Morgan fingerprint density at radius 2 is 1.82 bits per heavy atom. The first kappa shape index (κ1) is 12.8. The summed E-state index contributed by atoms with van der Waals surface area (Å²) >= 11 is 15.4. The lowest BCUT2D eigenvalue weighted by Gasteiger charge is -2.06. The summed E-state index contributed by atoms with van der Waals surface area (Å²) in [6.07, 6.45) is 0. The van der Waals surface area contributed by atoms with Gasteiger partial charge in [-0.3, -0.25) is 0 Å². The Kier molecular flexibility index (Phi) is 3.71. The summed E-state index contributed by atoms with van der Waals surface area (Å²) in [6, 6.07) is 5.55. The number of hydrogen-bond acceptors (Lipinski definition) is 2. The van der Waals surface area contributed by atoms with Crippen LogP contribution in [0.15, 0.2) is 22.7 Å². The maximum absolute atomic E-state index is 6.05. The van der Waals surface area contributed by atoms with E-state index in [9.17, 15) is 0 Å². The molecule has 2 rings (SSSR count). The van der Waals surface area contributed by atoms with Crippen molar-refractivity contribution < 1.29 is 0 Å². The van der Waals surface area contributed by atoms with Gasteiger partial charge >= 0.3 is 0 Å². The maximum atomic E-state index is 6.05. The highest BCUT2D eigenvalue weighted by Gasteiger charge is 2.09. The minimum atomic E-state index is 0.485. The van der Waals surface area contributed by atoms with Crippen LogP contribution < -0.4 is 0 Å². The average molecular weight is 332 g/mol. The van der Waals surface area contributed by atoms with E-state index in [0.29, 0.717) is 16.0 Å². The Hall–Kier alpha value is -0.640. The Bertz CT molecular complexity index is 562. The van der Waals surface area contributed by atoms with Gasteiger partial charge in [-0.25, -0.2) is 9.97 Å². The van der Waals surface area contributed by atoms with Crippen LogP contribution in [0.2, 0.25) is 10.2 Å². The summed E-state index contributed by atoms with van der Waals surface area (Å²) in [6.45, 7) is 3.82. The third kappa shape index (κ3) is 2.62. The molecular formula is C12H9BrCl2N2. The third-order valence-corrected chi connectivity index (χ3v) is 4.09. The van der Waals surface area contributed by atoms with Gasteiger partial charge in [0.25, 0.3) is 0 Å². The van der Waals surface area contributed by atoms with Crippen molar-refractivity contribution in [3.8, 4) is 11.4 Å². The van der Waals surface area contributed by atoms with Crippen LogP contribution in [0.5, 0.6) is 0 Å². The molecule has 88 valence electrons. The topological polar surface area (TPSA) is 25.8 Å². The number of benzene rings is 1. The maximum Gasteiger partial charge on any atom is 0.161 e. The number of rotatable bonds is 1. The average Bonchev–Trinajstić information content (AvgIpc) is 2.29. The molecule has 1 aromatic carbocycles. The SMILES string of the molecule is Cc1nc(-c2ccc(Cl)c(Br)c2)nc(Cl)c1C. The fraction of sp³-hybridized carbons (Fsp3) is 0.167. The molecule has 0 aliphatic heterocycles. The molecule has 0 saturated carbocycles. The van der Waals surface area contributed by atoms with E-state index in [4.69, 9.17) is 23.2 Å². The van der Waals surface area contributed by atoms with Crippen LogP contribution in [0, 0.1) is 13.8 Å². The van der Waals surface area contributed by atoms with Crippen molar-refractivity contribution in [1.82, 2.24) is 9.97 Å². The zero-order valence-electron chi connectivity index (χ0n) is 9.26. The van der Waals surface area contributed by atoms with Crippen LogP contribution in [0.1, 0.15) is 11.3 Å². The molecule has 2 nitrogen and oxygen atoms in total. The van der Waals surface area contributed by atoms with E-state index in [0.717, 1.165) is 21.3 Å². The van der Waals surface area contributed by atoms with E-state index in [1.807, 2.05) is 26.0 Å². The van der Waals surface area contributed by atoms with E-state index in [-0.39, 0.29) is 0 Å². The molecule has 0 bridgehead atoms. The van der Waals surface area contributed by atoms with Crippen molar-refractivity contribution in [2.45, 2.75) is 13.8 Å². The summed E-state index contributed by atoms with van der Waals surface area (Å²) < 4.78 is 0.814. The number of hydrogen-bond donors (Lipinski definition) is 0. The molecule has 0 unspecified atom stereocenters. The minimum absolute atomic E-state index is 0.485. The van der Waals surface area contributed by atoms with Gasteiger partial charge in [-0.15, -0.1) is 0 Å². The molecule has 0 atom stereocenters. The standard InChI is InChI=1S/C12H9BrCl2N2/c1-6-7(2)16-12(17-11(6)15)8-3-4-10(14)9(13)5-8/h3-5H,1-2H3. The smallest absolute Gasteiger partial charge is 0.161 e. The second kappa shape index (κ2) is 4.92. The van der Waals surface area contributed by atoms with Crippen molar-refractivity contribution in [2.75, 3.05) is 0 Å². The molecule has 17 heavy (non-hydrogen) atoms. The Labute approximate surface area is 118 Å². The molecule has 5 heteroatoms. The van der Waals surface area contributed by atoms with Crippen molar-refractivity contribution in [1.29, 1.82) is 0 Å². The Morgan fingerprint density at radius 1 is 1.12 bits per heavy atom. The molecule has 0 fully saturated rings. The predicted molar refractivity (Wildman–Crippen MR) is 74.7 cm³/mol. The van der Waals surface area contributed by atoms with Gasteiger partial charge in [-0.2, -0.15) is 0 Å². The fourth-order valence-electron chi connectivity index (χ4n) is 1.36. The molecule has 0 radical (unpaired) electrons. The van der Waals surface area contributed by atoms with Gasteiger partial charge in [0.05, 0.1) is 5.02 Å². The van der Waals surface area contributed by atoms with Gasteiger partial charge in [0, 0.05) is 21.3 Å². The van der Waals surface area contributed by atoms with Gasteiger partial charge in [0.15, 0.2) is 5.82 Å². The van der Waals surface area contributed by atoms with Crippen LogP contribution in [-0.4, -0.2) is 9.97 Å². The molecule has 0 aliphatic carbocycles. The Morgan fingerprint density at radius 3 is 2.41 bits per heavy atom. The van der Waals surface area contributed by atoms with Crippen LogP contribution >= 0.6 is 39.1 Å². The third-order valence-electron chi connectivity index (χ3n) is 2.51. The van der Waals surface area contributed by atoms with Gasteiger partial charge in [0.2, 0.25) is 0 Å². The highest BCUT2D eigenvalue weighted by atomic mass is 79.9. The lowest BCUT2D eigenvalue weighted by atomic mass is 10.2. The van der Waals surface area contributed by atoms with Gasteiger partial charge < -0.3 is 0 Å². The molecule has 1 aromatic heterocycles. The molecule has 0 N–H and O–H groups in total. The summed E-state index contributed by atoms with van der Waals surface area (Å²) in [5.74, 6) is 0.607. The number of nitrogens with zero attached hydrogens (tertiary/aromatic N) is 2. The van der Waals surface area contributed by atoms with E-state index >= 15 is 0 Å². The molecule has 0 saturated heterocycles. The first-order valence-corrected chi connectivity index (χ1v) is 6.50. The predicted octanol–water partition coefficient (Wildman–Crippen LogP) is 4.83. The summed E-state index contributed by atoms with van der Waals surface area (Å²) in [5.41, 5.74) is 2.67. The van der Waals surface area contributed by atoms with E-state index in [2.05, 4.69) is 25.9 Å². The number of aromatic nitrogens is 2. The highest BCUT2D eigenvalue weighted by molar-refractivity contribution is 9.10. The fourth-order valence-corrected chi connectivity index (χ4v) is 2.07. The summed E-state index contributed by atoms with van der Waals surface area (Å²) in [4.78, 5) is 8.68. The second-order valence-corrected chi connectivity index (χ2v) is 5.30. The first-order chi connectivity index (χ1) is 7.99. The lowest BCUT2D eigenvalue weighted by molar-refractivity contribution is 1.07. The minimum Gasteiger partial charge on any atom is -0.233 e. The van der Waals surface area contributed by atoms with Crippen LogP contribution in [0.25, 0.3) is 11.4 Å². The van der Waals surface area contributed by atoms with Crippen molar-refractivity contribution in [2.24, 2.45) is 0 Å². The summed E-state index contributed by atoms with van der Waals surface area (Å²) in [7, 11) is 0. The van der Waals surface area contributed by atoms with Crippen LogP contribution in [0.3, 0.4) is 0 Å². The summed E-state index contributed by atoms with van der Waals surface area (Å²) in [5, 5.41) is 1.14. The van der Waals surface area contributed by atoms with Gasteiger partial charge in [-0.05, 0) is 48.0 Å². The van der Waals surface area contributed by atoms with Crippen molar-refractivity contribution in [3.63, 3.8) is 0 Å². The largest absolute Gasteiger partial charge is 0.233 e. The van der Waals surface area contributed by atoms with Gasteiger partial charge in [0.1, 0.15) is 5.15 Å². The molecule has 1 heterocycles. The quantitative estimate of drug-likeness (QED) is 0.699. The van der Waals surface area contributed by atoms with E-state index < -0.39 is 0 Å². The molecular weight excluding hydrogens is 323 g/mol. The zero-order valence-corrected chi connectivity index (χ0v) is 12.4. The van der Waals surface area contributed by atoms with Gasteiger partial charge in [-0.1, -0.05) is 23.2 Å². The molecule has 2 aromatic rings. The monoisotopic (exact) mass is 330 g/mol. The van der Waals surface area contributed by atoms with Crippen LogP contribution in [0.4, 0.5) is 0 Å². The van der Waals surface area contributed by atoms with Crippen LogP contribution in [-0.2, 0) is 0 Å². The van der Waals surface area contributed by atoms with E-state index in [1.54, 1.807) is 6.07 Å². The van der Waals surface area contributed by atoms with Crippen molar-refractivity contribution in [3.05, 3.63) is 44.1 Å². The number of aryl methyl sites for hydroxylation is 1. The second-order valence-electron chi connectivity index (χ2n) is 3.68. The zero-order chi connectivity index (χ0) is 12.6. The number of halogens is 3. The molecule has 0 spiro atoms. The normalized spacial score (nSPS) is 10.6. The highest BCUT2D eigenvalue weighted by Crippen LogP contribution is 2.28. The first-order valence-electron chi connectivity index (χ1n) is 4.95.